The van der Waals surface area contributed by atoms with Crippen molar-refractivity contribution in [2.45, 2.75) is 13.0 Å². The average molecular weight is 285 g/mol. The Morgan fingerprint density at radius 3 is 3.00 bits per heavy atom. The number of ether oxygens (including phenoxy) is 1. The standard InChI is InChI=1S/C11H13BrN2O2/c1-7-2-3-8(12)4-10(7)14-6-9(5-13)16-11(14)15/h2-4,9H,5-6,13H2,1H3. The van der Waals surface area contributed by atoms with Crippen LogP contribution in [0.15, 0.2) is 22.7 Å². The van der Waals surface area contributed by atoms with Gasteiger partial charge in [-0.1, -0.05) is 22.0 Å². The summed E-state index contributed by atoms with van der Waals surface area (Å²) in [7, 11) is 0. The number of carbonyl (C=O) groups excluding carboxylic acids is 1. The number of carbonyl (C=O) groups is 1. The molecule has 0 saturated carbocycles. The summed E-state index contributed by atoms with van der Waals surface area (Å²) in [6.45, 7) is 2.84. The monoisotopic (exact) mass is 284 g/mol. The van der Waals surface area contributed by atoms with Crippen molar-refractivity contribution in [2.24, 2.45) is 5.73 Å². The molecule has 0 spiro atoms. The molecule has 16 heavy (non-hydrogen) atoms. The third-order valence-electron chi connectivity index (χ3n) is 2.60. The number of hydrogen-bond donors (Lipinski definition) is 1. The maximum Gasteiger partial charge on any atom is 0.414 e. The van der Waals surface area contributed by atoms with Crippen molar-refractivity contribution in [3.05, 3.63) is 28.2 Å². The number of halogens is 1. The Labute approximate surface area is 102 Å². The van der Waals surface area contributed by atoms with E-state index in [-0.39, 0.29) is 12.2 Å². The van der Waals surface area contributed by atoms with Gasteiger partial charge in [0.15, 0.2) is 0 Å². The van der Waals surface area contributed by atoms with Gasteiger partial charge < -0.3 is 10.5 Å². The number of rotatable bonds is 2. The van der Waals surface area contributed by atoms with Gasteiger partial charge in [0.1, 0.15) is 6.10 Å². The number of nitrogens with zero attached hydrogens (tertiary/aromatic N) is 1. The lowest BCUT2D eigenvalue weighted by atomic mass is 10.2. The predicted octanol–water partition coefficient (Wildman–Crippen LogP) is 2.04. The van der Waals surface area contributed by atoms with Crippen molar-refractivity contribution in [1.82, 2.24) is 0 Å². The van der Waals surface area contributed by atoms with Gasteiger partial charge in [0, 0.05) is 11.0 Å². The molecule has 1 fully saturated rings. The van der Waals surface area contributed by atoms with Crippen LogP contribution in [0.2, 0.25) is 0 Å². The normalized spacial score (nSPS) is 20.1. The van der Waals surface area contributed by atoms with Gasteiger partial charge in [0.05, 0.1) is 12.2 Å². The lowest BCUT2D eigenvalue weighted by molar-refractivity contribution is 0.145. The number of amides is 1. The van der Waals surface area contributed by atoms with Crippen LogP contribution in [-0.4, -0.2) is 25.3 Å². The van der Waals surface area contributed by atoms with E-state index >= 15 is 0 Å². The van der Waals surface area contributed by atoms with E-state index in [0.29, 0.717) is 13.1 Å². The molecule has 86 valence electrons. The fraction of sp³-hybridized carbons (Fsp3) is 0.364. The zero-order chi connectivity index (χ0) is 11.7. The van der Waals surface area contributed by atoms with Crippen LogP contribution in [0.25, 0.3) is 0 Å². The molecule has 1 aromatic carbocycles. The van der Waals surface area contributed by atoms with E-state index in [1.165, 1.54) is 0 Å². The lowest BCUT2D eigenvalue weighted by Crippen LogP contribution is -2.27. The number of hydrogen-bond acceptors (Lipinski definition) is 3. The van der Waals surface area contributed by atoms with Crippen LogP contribution < -0.4 is 10.6 Å². The first-order valence-corrected chi connectivity index (χ1v) is 5.85. The zero-order valence-corrected chi connectivity index (χ0v) is 10.5. The van der Waals surface area contributed by atoms with Crippen LogP contribution in [0.3, 0.4) is 0 Å². The molecule has 1 amide bonds. The fourth-order valence-electron chi connectivity index (χ4n) is 1.71. The molecule has 0 bridgehead atoms. The van der Waals surface area contributed by atoms with E-state index in [1.807, 2.05) is 25.1 Å². The van der Waals surface area contributed by atoms with Gasteiger partial charge in [-0.3, -0.25) is 4.90 Å². The minimum Gasteiger partial charge on any atom is -0.443 e. The fourth-order valence-corrected chi connectivity index (χ4v) is 2.06. The van der Waals surface area contributed by atoms with Crippen molar-refractivity contribution >= 4 is 27.7 Å². The van der Waals surface area contributed by atoms with Crippen LogP contribution >= 0.6 is 15.9 Å². The summed E-state index contributed by atoms with van der Waals surface area (Å²) >= 11 is 3.39. The molecule has 1 aromatic rings. The van der Waals surface area contributed by atoms with Crippen molar-refractivity contribution < 1.29 is 9.53 Å². The number of benzene rings is 1. The van der Waals surface area contributed by atoms with Gasteiger partial charge in [-0.15, -0.1) is 0 Å². The van der Waals surface area contributed by atoms with Gasteiger partial charge in [-0.05, 0) is 24.6 Å². The molecule has 0 aromatic heterocycles. The van der Waals surface area contributed by atoms with Crippen LogP contribution in [-0.2, 0) is 4.74 Å². The number of aryl methyl sites for hydroxylation is 1. The van der Waals surface area contributed by atoms with E-state index < -0.39 is 0 Å². The molecular weight excluding hydrogens is 272 g/mol. The van der Waals surface area contributed by atoms with Crippen LogP contribution in [0.5, 0.6) is 0 Å². The van der Waals surface area contributed by atoms with Crippen LogP contribution in [0.1, 0.15) is 5.56 Å². The molecule has 1 saturated heterocycles. The molecule has 2 rings (SSSR count). The first kappa shape index (κ1) is 11.4. The summed E-state index contributed by atoms with van der Waals surface area (Å²) in [5.74, 6) is 0. The number of nitrogens with two attached hydrogens (primary N) is 1. The Hall–Kier alpha value is -1.07. The highest BCUT2D eigenvalue weighted by atomic mass is 79.9. The minimum absolute atomic E-state index is 0.203. The molecule has 1 aliphatic heterocycles. The molecule has 0 radical (unpaired) electrons. The molecule has 1 unspecified atom stereocenters. The van der Waals surface area contributed by atoms with Crippen LogP contribution in [0.4, 0.5) is 10.5 Å². The lowest BCUT2D eigenvalue weighted by Gasteiger charge is -2.15. The highest BCUT2D eigenvalue weighted by Gasteiger charge is 2.32. The summed E-state index contributed by atoms with van der Waals surface area (Å²) in [5.41, 5.74) is 7.40. The molecule has 5 heteroatoms. The van der Waals surface area contributed by atoms with E-state index in [1.54, 1.807) is 4.90 Å². The topological polar surface area (TPSA) is 55.6 Å². The predicted molar refractivity (Wildman–Crippen MR) is 65.5 cm³/mol. The van der Waals surface area contributed by atoms with Crippen molar-refractivity contribution in [3.63, 3.8) is 0 Å². The van der Waals surface area contributed by atoms with Gasteiger partial charge in [0.25, 0.3) is 0 Å². The Bertz CT molecular complexity index is 422. The summed E-state index contributed by atoms with van der Waals surface area (Å²) in [6, 6.07) is 5.82. The molecule has 4 nitrogen and oxygen atoms in total. The van der Waals surface area contributed by atoms with Crippen molar-refractivity contribution in [3.8, 4) is 0 Å². The Morgan fingerprint density at radius 1 is 1.62 bits per heavy atom. The van der Waals surface area contributed by atoms with Gasteiger partial charge >= 0.3 is 6.09 Å². The van der Waals surface area contributed by atoms with E-state index in [9.17, 15) is 4.79 Å². The molecule has 1 aliphatic rings. The average Bonchev–Trinajstić information content (AvgIpc) is 2.63. The second-order valence-corrected chi connectivity index (χ2v) is 4.70. The minimum atomic E-state index is -0.323. The molecule has 1 atom stereocenters. The Morgan fingerprint density at radius 2 is 2.38 bits per heavy atom. The van der Waals surface area contributed by atoms with Crippen molar-refractivity contribution in [1.29, 1.82) is 0 Å². The number of cyclic esters (lactones) is 1. The van der Waals surface area contributed by atoms with Gasteiger partial charge in [-0.25, -0.2) is 4.79 Å². The highest BCUT2D eigenvalue weighted by molar-refractivity contribution is 9.10. The van der Waals surface area contributed by atoms with Crippen molar-refractivity contribution in [2.75, 3.05) is 18.0 Å². The van der Waals surface area contributed by atoms with Gasteiger partial charge in [-0.2, -0.15) is 0 Å². The molecule has 1 heterocycles. The molecule has 2 N–H and O–H groups in total. The maximum absolute atomic E-state index is 11.6. The third-order valence-corrected chi connectivity index (χ3v) is 3.09. The van der Waals surface area contributed by atoms with E-state index in [2.05, 4.69) is 15.9 Å². The molecular formula is C11H13BrN2O2. The largest absolute Gasteiger partial charge is 0.443 e. The Kier molecular flexibility index (Phi) is 3.16. The Balaban J connectivity index is 2.30. The second kappa shape index (κ2) is 4.43. The first-order chi connectivity index (χ1) is 7.61. The first-order valence-electron chi connectivity index (χ1n) is 5.06. The smallest absolute Gasteiger partial charge is 0.414 e. The number of anilines is 1. The summed E-state index contributed by atoms with van der Waals surface area (Å²) < 4.78 is 6.06. The van der Waals surface area contributed by atoms with E-state index in [4.69, 9.17) is 10.5 Å². The second-order valence-electron chi connectivity index (χ2n) is 3.78. The SMILES string of the molecule is Cc1ccc(Br)cc1N1CC(CN)OC1=O. The summed E-state index contributed by atoms with van der Waals surface area (Å²) in [5, 5.41) is 0. The maximum atomic E-state index is 11.6. The third kappa shape index (κ3) is 2.05. The molecule has 0 aliphatic carbocycles. The quantitative estimate of drug-likeness (QED) is 0.904. The summed E-state index contributed by atoms with van der Waals surface area (Å²) in [6.07, 6.45) is -0.525. The van der Waals surface area contributed by atoms with E-state index in [0.717, 1.165) is 15.7 Å². The highest BCUT2D eigenvalue weighted by Crippen LogP contribution is 2.28. The zero-order valence-electron chi connectivity index (χ0n) is 8.94. The van der Waals surface area contributed by atoms with Gasteiger partial charge in [0.2, 0.25) is 0 Å². The van der Waals surface area contributed by atoms with Crippen LogP contribution in [0, 0.1) is 6.92 Å². The summed E-state index contributed by atoms with van der Waals surface area (Å²) in [4.78, 5) is 13.3.